The maximum atomic E-state index is 13.5. The molecule has 0 atom stereocenters. The number of hydrogen-bond donors (Lipinski definition) is 3. The van der Waals surface area contributed by atoms with E-state index >= 15 is 0 Å². The van der Waals surface area contributed by atoms with Crippen LogP contribution >= 0.6 is 0 Å². The molecule has 1 spiro atoms. The average Bonchev–Trinajstić information content (AvgIpc) is 3.51. The molecule has 0 unspecified atom stereocenters. The Bertz CT molecular complexity index is 1450. The summed E-state index contributed by atoms with van der Waals surface area (Å²) in [6.45, 7) is 3.89. The number of nitrogens with one attached hydrogen (secondary N) is 1. The van der Waals surface area contributed by atoms with Gasteiger partial charge in [0.15, 0.2) is 0 Å². The highest BCUT2D eigenvalue weighted by Crippen LogP contribution is 2.41. The Labute approximate surface area is 250 Å². The summed E-state index contributed by atoms with van der Waals surface area (Å²) in [6, 6.07) is 10.6. The summed E-state index contributed by atoms with van der Waals surface area (Å²) >= 11 is 0. The topological polar surface area (TPSA) is 151 Å². The molecule has 3 aromatic rings. The number of alkyl halides is 6. The molecule has 1 fully saturated rings. The van der Waals surface area contributed by atoms with Gasteiger partial charge in [-0.05, 0) is 66.7 Å². The molecule has 0 aliphatic carbocycles. The summed E-state index contributed by atoms with van der Waals surface area (Å²) in [7, 11) is 0. The van der Waals surface area contributed by atoms with Crippen LogP contribution in [0.15, 0.2) is 48.8 Å². The highest BCUT2D eigenvalue weighted by Gasteiger charge is 2.43. The molecule has 4 heterocycles. The van der Waals surface area contributed by atoms with Crippen LogP contribution in [-0.2, 0) is 35.6 Å². The van der Waals surface area contributed by atoms with Crippen molar-refractivity contribution in [3.05, 3.63) is 77.4 Å². The lowest BCUT2D eigenvalue weighted by atomic mass is 9.77. The largest absolute Gasteiger partial charge is 0.490 e. The highest BCUT2D eigenvalue weighted by molar-refractivity contribution is 5.90. The average molecular weight is 649 g/mol. The first-order chi connectivity index (χ1) is 21.0. The number of halogens is 7. The van der Waals surface area contributed by atoms with E-state index in [2.05, 4.69) is 25.4 Å². The van der Waals surface area contributed by atoms with Crippen LogP contribution in [0, 0.1) is 11.2 Å². The van der Waals surface area contributed by atoms with E-state index in [9.17, 15) is 35.5 Å². The van der Waals surface area contributed by atoms with Gasteiger partial charge in [0.05, 0.1) is 0 Å². The van der Waals surface area contributed by atoms with Gasteiger partial charge in [0.2, 0.25) is 5.82 Å². The van der Waals surface area contributed by atoms with Crippen LogP contribution < -0.4 is 5.32 Å². The van der Waals surface area contributed by atoms with E-state index in [0.717, 1.165) is 62.4 Å². The molecular formula is C27H27F7N6O5. The summed E-state index contributed by atoms with van der Waals surface area (Å²) < 4.78 is 78.9. The number of carbonyl (C=O) groups is 3. The summed E-state index contributed by atoms with van der Waals surface area (Å²) in [5.41, 5.74) is 2.13. The third-order valence-electron chi connectivity index (χ3n) is 6.96. The number of amides is 1. The Morgan fingerprint density at radius 1 is 0.889 bits per heavy atom. The van der Waals surface area contributed by atoms with Crippen LogP contribution in [0.3, 0.4) is 0 Å². The summed E-state index contributed by atoms with van der Waals surface area (Å²) in [6.07, 6.45) is -3.83. The number of likely N-dealkylation sites (tertiary alicyclic amines) is 1. The predicted octanol–water partition coefficient (Wildman–Crippen LogP) is 3.85. The minimum absolute atomic E-state index is 0.129. The van der Waals surface area contributed by atoms with Crippen molar-refractivity contribution >= 4 is 17.8 Å². The molecule has 2 aliphatic rings. The van der Waals surface area contributed by atoms with Gasteiger partial charge < -0.3 is 20.1 Å². The lowest BCUT2D eigenvalue weighted by molar-refractivity contribution is -0.193. The molecule has 1 amide bonds. The predicted molar refractivity (Wildman–Crippen MR) is 140 cm³/mol. The third-order valence-corrected chi connectivity index (χ3v) is 6.96. The van der Waals surface area contributed by atoms with E-state index in [-0.39, 0.29) is 17.1 Å². The van der Waals surface area contributed by atoms with Crippen LogP contribution in [0.1, 0.15) is 40.4 Å². The highest BCUT2D eigenvalue weighted by atomic mass is 19.4. The zero-order chi connectivity index (χ0) is 33.4. The van der Waals surface area contributed by atoms with Crippen LogP contribution in [0.25, 0.3) is 0 Å². The molecule has 3 N–H and O–H groups in total. The second kappa shape index (κ2) is 14.4. The van der Waals surface area contributed by atoms with Crippen molar-refractivity contribution in [2.75, 3.05) is 13.1 Å². The van der Waals surface area contributed by atoms with Crippen molar-refractivity contribution in [3.8, 4) is 0 Å². The first kappa shape index (κ1) is 34.9. The molecule has 0 bridgehead atoms. The normalized spacial score (nSPS) is 15.6. The number of rotatable bonds is 5. The molecule has 2 aliphatic heterocycles. The van der Waals surface area contributed by atoms with Crippen LogP contribution in [0.2, 0.25) is 0 Å². The van der Waals surface area contributed by atoms with Gasteiger partial charge in [-0.15, -0.1) is 10.2 Å². The number of nitrogens with zero attached hydrogens (tertiary/aromatic N) is 5. The summed E-state index contributed by atoms with van der Waals surface area (Å²) in [5, 5.41) is 25.6. The third kappa shape index (κ3) is 10.2. The lowest BCUT2D eigenvalue weighted by Crippen LogP contribution is -2.41. The van der Waals surface area contributed by atoms with Crippen molar-refractivity contribution in [2.45, 2.75) is 51.2 Å². The standard InChI is InChI=1S/C23H25FN6O.2C2HF3O2/c24-19-3-1-2-18(12-19)15-29-10-6-23(7-11-29)13-20-27-28-21(30(20)16-23)22(31)26-14-17-4-8-25-9-5-17;2*3-2(4,5)1(6)7/h1-5,8-9,12H,6-7,10-11,13-16H2,(H,26,31);2*(H,6,7). The molecule has 5 rings (SSSR count). The van der Waals surface area contributed by atoms with E-state index in [0.29, 0.717) is 12.4 Å². The van der Waals surface area contributed by atoms with Gasteiger partial charge >= 0.3 is 24.3 Å². The van der Waals surface area contributed by atoms with Crippen molar-refractivity contribution in [1.82, 2.24) is 30.0 Å². The van der Waals surface area contributed by atoms with Gasteiger partial charge in [0.25, 0.3) is 5.91 Å². The number of piperidine rings is 1. The van der Waals surface area contributed by atoms with Gasteiger partial charge in [0.1, 0.15) is 11.6 Å². The van der Waals surface area contributed by atoms with Gasteiger partial charge in [-0.25, -0.2) is 14.0 Å². The SMILES string of the molecule is O=C(NCc1ccncc1)c1nnc2n1CC1(CCN(Cc3cccc(F)c3)CC1)C2.O=C(O)C(F)(F)F.O=C(O)C(F)(F)F. The number of pyridine rings is 1. The quantitative estimate of drug-likeness (QED) is 0.351. The van der Waals surface area contributed by atoms with Crippen molar-refractivity contribution in [3.63, 3.8) is 0 Å². The zero-order valence-electron chi connectivity index (χ0n) is 23.3. The second-order valence-electron chi connectivity index (χ2n) is 10.3. The molecule has 0 saturated carbocycles. The Kier molecular flexibility index (Phi) is 11.2. The molecule has 11 nitrogen and oxygen atoms in total. The number of benzene rings is 1. The van der Waals surface area contributed by atoms with E-state index in [1.807, 2.05) is 22.8 Å². The first-order valence-corrected chi connectivity index (χ1v) is 13.2. The van der Waals surface area contributed by atoms with Crippen LogP contribution in [0.5, 0.6) is 0 Å². The number of aliphatic carboxylic acids is 2. The van der Waals surface area contributed by atoms with Gasteiger partial charge in [-0.2, -0.15) is 26.3 Å². The maximum absolute atomic E-state index is 13.5. The number of aromatic nitrogens is 4. The van der Waals surface area contributed by atoms with Gasteiger partial charge in [-0.3, -0.25) is 14.7 Å². The minimum atomic E-state index is -5.08. The number of carboxylic acids is 2. The molecule has 18 heteroatoms. The molecule has 244 valence electrons. The van der Waals surface area contributed by atoms with Gasteiger partial charge in [-0.1, -0.05) is 12.1 Å². The van der Waals surface area contributed by atoms with E-state index < -0.39 is 24.3 Å². The second-order valence-corrected chi connectivity index (χ2v) is 10.3. The monoisotopic (exact) mass is 648 g/mol. The van der Waals surface area contributed by atoms with E-state index in [1.165, 1.54) is 6.07 Å². The molecular weight excluding hydrogens is 621 g/mol. The Morgan fingerprint density at radius 2 is 1.47 bits per heavy atom. The van der Waals surface area contributed by atoms with E-state index in [1.54, 1.807) is 24.5 Å². The maximum Gasteiger partial charge on any atom is 0.490 e. The molecule has 0 radical (unpaired) electrons. The van der Waals surface area contributed by atoms with E-state index in [4.69, 9.17) is 19.8 Å². The number of hydrogen-bond acceptors (Lipinski definition) is 7. The Balaban J connectivity index is 0.000000331. The number of carboxylic acid groups (broad SMARTS) is 2. The number of fused-ring (bicyclic) bond motifs is 1. The zero-order valence-corrected chi connectivity index (χ0v) is 23.3. The van der Waals surface area contributed by atoms with Crippen molar-refractivity contribution in [1.29, 1.82) is 0 Å². The van der Waals surface area contributed by atoms with Crippen LogP contribution in [-0.4, -0.2) is 78.1 Å². The fourth-order valence-corrected chi connectivity index (χ4v) is 4.70. The Morgan fingerprint density at radius 3 is 2.00 bits per heavy atom. The van der Waals surface area contributed by atoms with Gasteiger partial charge in [0, 0.05) is 38.4 Å². The van der Waals surface area contributed by atoms with Crippen LogP contribution in [0.4, 0.5) is 30.7 Å². The smallest absolute Gasteiger partial charge is 0.475 e. The molecule has 1 aromatic carbocycles. The molecule has 45 heavy (non-hydrogen) atoms. The summed E-state index contributed by atoms with van der Waals surface area (Å²) in [5.74, 6) is -4.61. The minimum Gasteiger partial charge on any atom is -0.475 e. The Hall–Kier alpha value is -4.61. The number of carbonyl (C=O) groups excluding carboxylic acids is 1. The fraction of sp³-hybridized carbons (Fsp3) is 0.407. The fourth-order valence-electron chi connectivity index (χ4n) is 4.70. The molecule has 2 aromatic heterocycles. The lowest BCUT2D eigenvalue weighted by Gasteiger charge is -2.39. The van der Waals surface area contributed by atoms with Crippen molar-refractivity contribution < 1.29 is 55.3 Å². The summed E-state index contributed by atoms with van der Waals surface area (Å²) in [4.78, 5) is 36.9. The first-order valence-electron chi connectivity index (χ1n) is 13.2. The van der Waals surface area contributed by atoms with Crippen molar-refractivity contribution in [2.24, 2.45) is 5.41 Å². The molecule has 1 saturated heterocycles.